The molecule has 0 spiro atoms. The summed E-state index contributed by atoms with van der Waals surface area (Å²) in [6.07, 6.45) is 3.89. The van der Waals surface area contributed by atoms with Gasteiger partial charge in [-0.05, 0) is 33.9 Å². The van der Waals surface area contributed by atoms with E-state index in [0.29, 0.717) is 19.5 Å². The van der Waals surface area contributed by atoms with Gasteiger partial charge in [-0.2, -0.15) is 0 Å². The maximum atomic E-state index is 13.7. The van der Waals surface area contributed by atoms with Gasteiger partial charge in [0.05, 0.1) is 12.6 Å². The van der Waals surface area contributed by atoms with Gasteiger partial charge in [0, 0.05) is 42.1 Å². The van der Waals surface area contributed by atoms with Crippen molar-refractivity contribution in [1.82, 2.24) is 9.58 Å². The molecule has 4 aliphatic heterocycles. The first-order valence-corrected chi connectivity index (χ1v) is 12.6. The van der Waals surface area contributed by atoms with Crippen LogP contribution in [0.1, 0.15) is 39.6 Å². The fourth-order valence-electron chi connectivity index (χ4n) is 5.73. The maximum absolute atomic E-state index is 13.7. The number of aromatic nitrogens is 1. The summed E-state index contributed by atoms with van der Waals surface area (Å²) in [7, 11) is 0. The first kappa shape index (κ1) is 20.6. The molecule has 7 nitrogen and oxygen atoms in total. The van der Waals surface area contributed by atoms with Gasteiger partial charge >= 0.3 is 0 Å². The number of aliphatic imine (C=N–C) groups is 1. The highest BCUT2D eigenvalue weighted by atomic mass is 32.2. The molecule has 0 bridgehead atoms. The second kappa shape index (κ2) is 7.61. The monoisotopic (exact) mass is 482 g/mol. The molecule has 1 aromatic heterocycles. The number of amides is 1. The molecule has 1 amide bonds. The van der Waals surface area contributed by atoms with Crippen molar-refractivity contribution in [2.75, 3.05) is 18.1 Å². The number of hydrogen-bond donors (Lipinski definition) is 1. The van der Waals surface area contributed by atoms with Gasteiger partial charge in [0.25, 0.3) is 5.91 Å². The third kappa shape index (κ3) is 2.96. The average Bonchev–Trinajstić information content (AvgIpc) is 3.27. The molecule has 0 fully saturated rings. The van der Waals surface area contributed by atoms with Gasteiger partial charge in [-0.3, -0.25) is 24.3 Å². The lowest BCUT2D eigenvalue weighted by molar-refractivity contribution is 0.0557. The van der Waals surface area contributed by atoms with Gasteiger partial charge in [-0.1, -0.05) is 42.5 Å². The molecule has 0 saturated heterocycles. The molecule has 1 N–H and O–H groups in total. The van der Waals surface area contributed by atoms with Crippen LogP contribution in [0.15, 0.2) is 86.6 Å². The van der Waals surface area contributed by atoms with E-state index in [1.165, 1.54) is 22.1 Å². The average molecular weight is 483 g/mol. The fourth-order valence-corrected chi connectivity index (χ4v) is 6.83. The van der Waals surface area contributed by atoms with Crippen LogP contribution in [-0.2, 0) is 5.75 Å². The number of carbonyl (C=O) groups is 1. The Hall–Kier alpha value is -3.78. The summed E-state index contributed by atoms with van der Waals surface area (Å²) in [6.45, 7) is 1.02. The Kier molecular flexibility index (Phi) is 4.48. The van der Waals surface area contributed by atoms with E-state index in [1.807, 2.05) is 24.4 Å². The highest BCUT2D eigenvalue weighted by Crippen LogP contribution is 2.45. The van der Waals surface area contributed by atoms with Crippen molar-refractivity contribution in [2.45, 2.75) is 29.3 Å². The molecular weight excluding hydrogens is 460 g/mol. The summed E-state index contributed by atoms with van der Waals surface area (Å²) in [6, 6.07) is 17.9. The summed E-state index contributed by atoms with van der Waals surface area (Å²) in [5.41, 5.74) is 5.28. The molecule has 2 atom stereocenters. The van der Waals surface area contributed by atoms with Gasteiger partial charge in [-0.25, -0.2) is 0 Å². The van der Waals surface area contributed by atoms with Crippen LogP contribution in [0.4, 0.5) is 0 Å². The molecule has 174 valence electrons. The number of nitrogens with zero attached hydrogens (tertiary/aromatic N) is 4. The number of benzene rings is 2. The van der Waals surface area contributed by atoms with Crippen molar-refractivity contribution in [3.63, 3.8) is 0 Å². The molecule has 4 aliphatic rings. The van der Waals surface area contributed by atoms with Crippen molar-refractivity contribution in [3.05, 3.63) is 105 Å². The van der Waals surface area contributed by atoms with Gasteiger partial charge < -0.3 is 10.0 Å². The Morgan fingerprint density at radius 1 is 1.00 bits per heavy atom. The maximum Gasteiger partial charge on any atom is 0.278 e. The van der Waals surface area contributed by atoms with Gasteiger partial charge in [0.1, 0.15) is 6.17 Å². The Morgan fingerprint density at radius 2 is 1.80 bits per heavy atom. The van der Waals surface area contributed by atoms with E-state index in [2.05, 4.69) is 40.3 Å². The number of thioether (sulfide) groups is 1. The zero-order valence-electron chi connectivity index (χ0n) is 18.8. The first-order chi connectivity index (χ1) is 17.1. The van der Waals surface area contributed by atoms with E-state index in [4.69, 9.17) is 0 Å². The number of pyridine rings is 1. The Morgan fingerprint density at radius 3 is 2.69 bits per heavy atom. The van der Waals surface area contributed by atoms with Crippen molar-refractivity contribution in [2.24, 2.45) is 4.99 Å². The Balaban J connectivity index is 1.52. The van der Waals surface area contributed by atoms with Crippen LogP contribution in [0.2, 0.25) is 0 Å². The van der Waals surface area contributed by atoms with Crippen LogP contribution in [-0.4, -0.2) is 46.1 Å². The number of carbonyl (C=O) groups excluding carboxylic acids is 1. The van der Waals surface area contributed by atoms with Gasteiger partial charge in [0.2, 0.25) is 5.43 Å². The second-order valence-corrected chi connectivity index (χ2v) is 10.3. The first-order valence-electron chi connectivity index (χ1n) is 11.7. The van der Waals surface area contributed by atoms with Crippen LogP contribution < -0.4 is 10.4 Å². The van der Waals surface area contributed by atoms with E-state index in [1.54, 1.807) is 27.5 Å². The smallest absolute Gasteiger partial charge is 0.278 e. The third-order valence-corrected chi connectivity index (χ3v) is 8.53. The normalized spacial score (nSPS) is 22.2. The molecule has 7 rings (SSSR count). The molecular formula is C27H22N4O3S. The number of aromatic hydroxyl groups is 1. The lowest BCUT2D eigenvalue weighted by Crippen LogP contribution is -2.64. The van der Waals surface area contributed by atoms with Crippen molar-refractivity contribution < 1.29 is 9.90 Å². The zero-order chi connectivity index (χ0) is 23.7. The van der Waals surface area contributed by atoms with Crippen LogP contribution in [0.5, 0.6) is 5.75 Å². The minimum atomic E-state index is -0.554. The second-order valence-electron chi connectivity index (χ2n) is 9.25. The predicted molar refractivity (Wildman–Crippen MR) is 135 cm³/mol. The highest BCUT2D eigenvalue weighted by Gasteiger charge is 2.46. The van der Waals surface area contributed by atoms with Crippen molar-refractivity contribution in [1.29, 1.82) is 0 Å². The minimum absolute atomic E-state index is 0.0172. The summed E-state index contributed by atoms with van der Waals surface area (Å²) in [5, 5.41) is 13.0. The molecule has 3 aromatic rings. The molecule has 5 heterocycles. The zero-order valence-corrected chi connectivity index (χ0v) is 19.6. The minimum Gasteiger partial charge on any atom is -0.502 e. The SMILES string of the molecule is O=C1c2c(O)c(=O)ccn2N([C@H]2c3ccccc3CSc3ccccc32)[C@@H]2CC3=C(CN=C3)CN12. The molecule has 8 heteroatoms. The van der Waals surface area contributed by atoms with E-state index in [9.17, 15) is 14.7 Å². The third-order valence-electron chi connectivity index (χ3n) is 7.39. The molecule has 0 unspecified atom stereocenters. The lowest BCUT2D eigenvalue weighted by atomic mass is 9.91. The Bertz CT molecular complexity index is 1480. The van der Waals surface area contributed by atoms with Gasteiger partial charge in [-0.15, -0.1) is 11.8 Å². The topological polar surface area (TPSA) is 78.1 Å². The molecule has 0 saturated carbocycles. The van der Waals surface area contributed by atoms with Crippen LogP contribution in [0.3, 0.4) is 0 Å². The molecule has 0 radical (unpaired) electrons. The van der Waals surface area contributed by atoms with E-state index in [-0.39, 0.29) is 23.8 Å². The summed E-state index contributed by atoms with van der Waals surface area (Å²) in [5.74, 6) is 0.00662. The molecule has 35 heavy (non-hydrogen) atoms. The standard InChI is InChI=1S/C27H22N4O3S/c32-21-9-10-30-25(26(21)33)27(34)29-14-18-13-28-12-17(18)11-23(29)31(30)24-19-6-2-1-5-16(19)15-35-22-8-4-3-7-20(22)24/h1-10,12,23-24,33H,11,13-15H2/t23-,24+/m1/s1. The lowest BCUT2D eigenvalue weighted by Gasteiger charge is -2.51. The van der Waals surface area contributed by atoms with E-state index in [0.717, 1.165) is 22.5 Å². The van der Waals surface area contributed by atoms with Crippen molar-refractivity contribution in [3.8, 4) is 5.75 Å². The van der Waals surface area contributed by atoms with Crippen LogP contribution in [0, 0.1) is 0 Å². The highest BCUT2D eigenvalue weighted by molar-refractivity contribution is 7.98. The summed E-state index contributed by atoms with van der Waals surface area (Å²) < 4.78 is 1.71. The van der Waals surface area contributed by atoms with Crippen LogP contribution in [0.25, 0.3) is 0 Å². The number of rotatable bonds is 1. The van der Waals surface area contributed by atoms with Gasteiger partial charge in [0.15, 0.2) is 11.4 Å². The quantitative estimate of drug-likeness (QED) is 0.575. The number of fused-ring (bicyclic) bond motifs is 4. The fraction of sp³-hybridized carbons (Fsp3) is 0.222. The molecule has 2 aromatic carbocycles. The number of hydrogen-bond acceptors (Lipinski definition) is 6. The molecule has 0 aliphatic carbocycles. The predicted octanol–water partition coefficient (Wildman–Crippen LogP) is 3.45. The van der Waals surface area contributed by atoms with Crippen molar-refractivity contribution >= 4 is 23.9 Å². The largest absolute Gasteiger partial charge is 0.502 e. The van der Waals surface area contributed by atoms with E-state index < -0.39 is 11.2 Å². The Labute approximate surface area is 206 Å². The van der Waals surface area contributed by atoms with E-state index >= 15 is 0 Å². The summed E-state index contributed by atoms with van der Waals surface area (Å²) >= 11 is 1.81. The van der Waals surface area contributed by atoms with Crippen LogP contribution >= 0.6 is 11.8 Å². The summed E-state index contributed by atoms with van der Waals surface area (Å²) in [4.78, 5) is 33.6.